The first kappa shape index (κ1) is 21.9. The van der Waals surface area contributed by atoms with E-state index < -0.39 is 18.5 Å². The van der Waals surface area contributed by atoms with Gasteiger partial charge in [0.2, 0.25) is 0 Å². The highest BCUT2D eigenvalue weighted by Crippen LogP contribution is 2.27. The fourth-order valence-corrected chi connectivity index (χ4v) is 2.34. The van der Waals surface area contributed by atoms with Crippen LogP contribution in [0.5, 0.6) is 11.5 Å². The average Bonchev–Trinajstić information content (AvgIpc) is 2.53. The summed E-state index contributed by atoms with van der Waals surface area (Å²) in [6, 6.07) is 9.61. The monoisotopic (exact) mass is 420 g/mol. The maximum Gasteiger partial charge on any atom is 0.341 e. The third kappa shape index (κ3) is 8.29. The number of rotatable bonds is 6. The molecule has 0 amide bonds. The van der Waals surface area contributed by atoms with E-state index in [0.29, 0.717) is 26.6 Å². The molecule has 9 heteroatoms. The first-order chi connectivity index (χ1) is 12.2. The molecule has 0 fully saturated rings. The van der Waals surface area contributed by atoms with Gasteiger partial charge in [-0.25, -0.2) is 9.59 Å². The van der Waals surface area contributed by atoms with Crippen molar-refractivity contribution < 1.29 is 29.3 Å². The minimum atomic E-state index is -1.05. The van der Waals surface area contributed by atoms with E-state index in [2.05, 4.69) is 0 Å². The van der Waals surface area contributed by atoms with Gasteiger partial charge >= 0.3 is 11.9 Å². The molecule has 0 unspecified atom stereocenters. The van der Waals surface area contributed by atoms with Crippen LogP contribution < -0.4 is 9.47 Å². The van der Waals surface area contributed by atoms with E-state index in [9.17, 15) is 9.59 Å². The molecule has 0 radical (unpaired) electrons. The van der Waals surface area contributed by atoms with Crippen LogP contribution in [0.2, 0.25) is 15.1 Å². The van der Waals surface area contributed by atoms with Crippen molar-refractivity contribution in [1.29, 1.82) is 0 Å². The fourth-order valence-electron chi connectivity index (χ4n) is 1.65. The van der Waals surface area contributed by atoms with Gasteiger partial charge in [-0.3, -0.25) is 0 Å². The molecule has 0 aliphatic heterocycles. The Morgan fingerprint density at radius 1 is 0.846 bits per heavy atom. The number of hydrogen-bond acceptors (Lipinski definition) is 4. The van der Waals surface area contributed by atoms with Crippen molar-refractivity contribution in [2.24, 2.45) is 0 Å². The molecule has 140 valence electrons. The summed E-state index contributed by atoms with van der Waals surface area (Å²) in [7, 11) is 0. The van der Waals surface area contributed by atoms with Gasteiger partial charge < -0.3 is 19.7 Å². The van der Waals surface area contributed by atoms with Gasteiger partial charge in [-0.1, -0.05) is 34.8 Å². The summed E-state index contributed by atoms with van der Waals surface area (Å²) in [6.07, 6.45) is 0. The molecule has 6 nitrogen and oxygen atoms in total. The second-order valence-corrected chi connectivity index (χ2v) is 6.13. The summed E-state index contributed by atoms with van der Waals surface area (Å²) >= 11 is 17.0. The molecule has 0 heterocycles. The summed E-state index contributed by atoms with van der Waals surface area (Å²) in [4.78, 5) is 20.4. The Morgan fingerprint density at radius 3 is 1.77 bits per heavy atom. The number of aliphatic carboxylic acids is 2. The SMILES string of the molecule is Cc1cc(Cl)ccc1OCC(=O)O.O=C(O)COc1ccc(Cl)cc1Cl. The van der Waals surface area contributed by atoms with Crippen molar-refractivity contribution in [2.45, 2.75) is 6.92 Å². The van der Waals surface area contributed by atoms with Crippen molar-refractivity contribution in [1.82, 2.24) is 0 Å². The summed E-state index contributed by atoms with van der Waals surface area (Å²) in [6.45, 7) is 1.06. The number of carbonyl (C=O) groups is 2. The number of hydrogen-bond donors (Lipinski definition) is 2. The number of aryl methyl sites for hydroxylation is 1. The van der Waals surface area contributed by atoms with E-state index in [4.69, 9.17) is 54.5 Å². The van der Waals surface area contributed by atoms with Crippen LogP contribution in [-0.4, -0.2) is 35.4 Å². The summed E-state index contributed by atoms with van der Waals surface area (Å²) in [5.41, 5.74) is 0.828. The van der Waals surface area contributed by atoms with E-state index in [1.165, 1.54) is 12.1 Å². The van der Waals surface area contributed by atoms with Crippen LogP contribution in [0.1, 0.15) is 5.56 Å². The lowest BCUT2D eigenvalue weighted by Crippen LogP contribution is -2.09. The lowest BCUT2D eigenvalue weighted by molar-refractivity contribution is -0.140. The first-order valence-electron chi connectivity index (χ1n) is 7.09. The Balaban J connectivity index is 0.000000260. The third-order valence-electron chi connectivity index (χ3n) is 2.73. The van der Waals surface area contributed by atoms with Crippen molar-refractivity contribution in [2.75, 3.05) is 13.2 Å². The molecule has 0 saturated carbocycles. The van der Waals surface area contributed by atoms with Crippen LogP contribution >= 0.6 is 34.8 Å². The minimum Gasteiger partial charge on any atom is -0.482 e. The Kier molecular flexibility index (Phi) is 9.05. The lowest BCUT2D eigenvalue weighted by atomic mass is 10.2. The van der Waals surface area contributed by atoms with Gasteiger partial charge in [0.25, 0.3) is 0 Å². The maximum atomic E-state index is 10.2. The zero-order valence-electron chi connectivity index (χ0n) is 13.5. The Labute approximate surface area is 164 Å². The van der Waals surface area contributed by atoms with Gasteiger partial charge in [0.05, 0.1) is 5.02 Å². The number of halogens is 3. The van der Waals surface area contributed by atoms with Crippen LogP contribution in [0, 0.1) is 6.92 Å². The van der Waals surface area contributed by atoms with Gasteiger partial charge in [0.1, 0.15) is 11.5 Å². The van der Waals surface area contributed by atoms with Crippen molar-refractivity contribution in [3.05, 3.63) is 57.0 Å². The normalized spacial score (nSPS) is 9.69. The standard InChI is InChI=1S/C9H9ClO3.C8H6Cl2O3/c1-6-4-7(10)2-3-8(6)13-5-9(11)12;9-5-1-2-7(6(10)3-5)13-4-8(11)12/h2-4H,5H2,1H3,(H,11,12);1-3H,4H2,(H,11,12). The van der Waals surface area contributed by atoms with E-state index >= 15 is 0 Å². The van der Waals surface area contributed by atoms with Gasteiger partial charge in [0.15, 0.2) is 13.2 Å². The topological polar surface area (TPSA) is 93.1 Å². The van der Waals surface area contributed by atoms with E-state index in [1.807, 2.05) is 6.92 Å². The number of ether oxygens (including phenoxy) is 2. The summed E-state index contributed by atoms with van der Waals surface area (Å²) < 4.78 is 9.86. The number of benzene rings is 2. The molecule has 0 atom stereocenters. The zero-order chi connectivity index (χ0) is 19.7. The lowest BCUT2D eigenvalue weighted by Gasteiger charge is -2.06. The molecule has 0 spiro atoms. The molecule has 26 heavy (non-hydrogen) atoms. The predicted octanol–water partition coefficient (Wildman–Crippen LogP) is 4.57. The zero-order valence-corrected chi connectivity index (χ0v) is 15.8. The maximum absolute atomic E-state index is 10.2. The quantitative estimate of drug-likeness (QED) is 0.710. The Hall–Kier alpha value is -2.15. The van der Waals surface area contributed by atoms with E-state index in [-0.39, 0.29) is 6.61 Å². The fraction of sp³-hybridized carbons (Fsp3) is 0.176. The van der Waals surface area contributed by atoms with Gasteiger partial charge in [-0.2, -0.15) is 0 Å². The van der Waals surface area contributed by atoms with Crippen LogP contribution in [0.25, 0.3) is 0 Å². The summed E-state index contributed by atoms with van der Waals surface area (Å²) in [5, 5.41) is 18.1. The molecule has 2 N–H and O–H groups in total. The number of carboxylic acids is 2. The van der Waals surface area contributed by atoms with Gasteiger partial charge in [-0.15, -0.1) is 0 Å². The van der Waals surface area contributed by atoms with Crippen molar-refractivity contribution in [3.8, 4) is 11.5 Å². The molecular weight excluding hydrogens is 407 g/mol. The van der Waals surface area contributed by atoms with Gasteiger partial charge in [0, 0.05) is 10.0 Å². The molecule has 0 aromatic heterocycles. The summed E-state index contributed by atoms with van der Waals surface area (Å²) in [5.74, 6) is -1.18. The first-order valence-corrected chi connectivity index (χ1v) is 8.23. The van der Waals surface area contributed by atoms with E-state index in [1.54, 1.807) is 24.3 Å². The highest BCUT2D eigenvalue weighted by Gasteiger charge is 2.04. The van der Waals surface area contributed by atoms with Crippen molar-refractivity contribution >= 4 is 46.7 Å². The highest BCUT2D eigenvalue weighted by atomic mass is 35.5. The molecule has 2 aromatic carbocycles. The average molecular weight is 422 g/mol. The third-order valence-corrected chi connectivity index (χ3v) is 3.50. The molecule has 0 aliphatic rings. The second kappa shape index (κ2) is 10.8. The molecule has 0 aliphatic carbocycles. The Morgan fingerprint density at radius 2 is 1.31 bits per heavy atom. The molecule has 2 rings (SSSR count). The smallest absolute Gasteiger partial charge is 0.341 e. The van der Waals surface area contributed by atoms with E-state index in [0.717, 1.165) is 5.56 Å². The highest BCUT2D eigenvalue weighted by molar-refractivity contribution is 6.35. The van der Waals surface area contributed by atoms with Crippen LogP contribution in [0.4, 0.5) is 0 Å². The molecule has 0 bridgehead atoms. The second-order valence-electron chi connectivity index (χ2n) is 4.85. The minimum absolute atomic E-state index is 0.300. The van der Waals surface area contributed by atoms with Crippen molar-refractivity contribution in [3.63, 3.8) is 0 Å². The van der Waals surface area contributed by atoms with Crippen LogP contribution in [0.3, 0.4) is 0 Å². The largest absolute Gasteiger partial charge is 0.482 e. The molecule has 2 aromatic rings. The van der Waals surface area contributed by atoms with Crippen LogP contribution in [0.15, 0.2) is 36.4 Å². The van der Waals surface area contributed by atoms with Gasteiger partial charge in [-0.05, 0) is 48.9 Å². The predicted molar refractivity (Wildman–Crippen MR) is 98.9 cm³/mol. The van der Waals surface area contributed by atoms with Crippen LogP contribution in [-0.2, 0) is 9.59 Å². The number of carboxylic acid groups (broad SMARTS) is 2. The molecular formula is C17H15Cl3O6. The Bertz CT molecular complexity index is 714. The molecule has 0 saturated heterocycles.